The molecule has 25 heavy (non-hydrogen) atoms. The highest BCUT2D eigenvalue weighted by molar-refractivity contribution is 5.81. The van der Waals surface area contributed by atoms with Gasteiger partial charge < -0.3 is 15.0 Å². The Hall–Kier alpha value is -1.59. The second-order valence-corrected chi connectivity index (χ2v) is 7.24. The number of likely N-dealkylation sites (N-methyl/N-ethyl adjacent to an activating group) is 1. The molecule has 1 aromatic carbocycles. The number of benzene rings is 1. The van der Waals surface area contributed by atoms with Crippen molar-refractivity contribution < 1.29 is 9.53 Å². The summed E-state index contributed by atoms with van der Waals surface area (Å²) in [6.45, 7) is 7.97. The highest BCUT2D eigenvalue weighted by atomic mass is 16.5. The Bertz CT molecular complexity index is 559. The van der Waals surface area contributed by atoms with Crippen LogP contribution in [0.15, 0.2) is 24.3 Å². The minimum Gasteiger partial charge on any atom is -0.468 e. The molecule has 0 bridgehead atoms. The largest absolute Gasteiger partial charge is 0.468 e. The van der Waals surface area contributed by atoms with Gasteiger partial charge in [-0.3, -0.25) is 9.69 Å². The van der Waals surface area contributed by atoms with E-state index in [0.717, 1.165) is 39.0 Å². The maximum absolute atomic E-state index is 12.2. The van der Waals surface area contributed by atoms with Crippen molar-refractivity contribution in [3.8, 4) is 0 Å². The molecule has 0 amide bonds. The number of ether oxygens (including phenoxy) is 1. The van der Waals surface area contributed by atoms with Gasteiger partial charge in [-0.1, -0.05) is 19.1 Å². The van der Waals surface area contributed by atoms with E-state index in [9.17, 15) is 4.79 Å². The first-order valence-corrected chi connectivity index (χ1v) is 9.56. The number of piperidine rings is 1. The predicted molar refractivity (Wildman–Crippen MR) is 101 cm³/mol. The summed E-state index contributed by atoms with van der Waals surface area (Å²) in [5.41, 5.74) is 2.19. The van der Waals surface area contributed by atoms with Crippen molar-refractivity contribution in [3.63, 3.8) is 0 Å². The monoisotopic (exact) mass is 345 g/mol. The molecule has 138 valence electrons. The Kier molecular flexibility index (Phi) is 5.97. The predicted octanol–water partition coefficient (Wildman–Crippen LogP) is 2.40. The van der Waals surface area contributed by atoms with Crippen molar-refractivity contribution in [1.82, 2.24) is 10.2 Å². The number of anilines is 1. The fourth-order valence-electron chi connectivity index (χ4n) is 4.13. The number of esters is 1. The van der Waals surface area contributed by atoms with Gasteiger partial charge in [0.15, 0.2) is 0 Å². The molecule has 1 aromatic rings. The van der Waals surface area contributed by atoms with Crippen LogP contribution in [0, 0.1) is 0 Å². The van der Waals surface area contributed by atoms with E-state index in [1.54, 1.807) is 0 Å². The second kappa shape index (κ2) is 8.19. The van der Waals surface area contributed by atoms with E-state index in [0.29, 0.717) is 0 Å². The van der Waals surface area contributed by atoms with Gasteiger partial charge in [-0.15, -0.1) is 0 Å². The average Bonchev–Trinajstić information content (AvgIpc) is 3.18. The summed E-state index contributed by atoms with van der Waals surface area (Å²) >= 11 is 0. The second-order valence-electron chi connectivity index (χ2n) is 7.24. The van der Waals surface area contributed by atoms with Crippen LogP contribution in [0.5, 0.6) is 0 Å². The van der Waals surface area contributed by atoms with Crippen molar-refractivity contribution >= 4 is 11.7 Å². The zero-order valence-electron chi connectivity index (χ0n) is 15.6. The van der Waals surface area contributed by atoms with Gasteiger partial charge >= 0.3 is 5.97 Å². The lowest BCUT2D eigenvalue weighted by Crippen LogP contribution is -2.58. The molecule has 0 radical (unpaired) electrons. The number of hydrogen-bond acceptors (Lipinski definition) is 5. The topological polar surface area (TPSA) is 44.8 Å². The molecule has 2 fully saturated rings. The summed E-state index contributed by atoms with van der Waals surface area (Å²) in [4.78, 5) is 17.1. The van der Waals surface area contributed by atoms with E-state index in [1.165, 1.54) is 44.3 Å². The van der Waals surface area contributed by atoms with E-state index in [4.69, 9.17) is 4.74 Å². The van der Waals surface area contributed by atoms with Crippen LogP contribution in [0.1, 0.15) is 38.2 Å². The van der Waals surface area contributed by atoms with Crippen LogP contribution in [0.25, 0.3) is 0 Å². The van der Waals surface area contributed by atoms with Crippen LogP contribution >= 0.6 is 0 Å². The SMILES string of the molecule is CCNC1(C(=O)OC)CCN(Cc2ccc(N3CCCC3)cc2)CC1. The van der Waals surface area contributed by atoms with Gasteiger partial charge in [-0.2, -0.15) is 0 Å². The average molecular weight is 345 g/mol. The maximum atomic E-state index is 12.2. The molecule has 5 nitrogen and oxygen atoms in total. The number of nitrogens with zero attached hydrogens (tertiary/aromatic N) is 2. The molecular weight excluding hydrogens is 314 g/mol. The van der Waals surface area contributed by atoms with Crippen molar-refractivity contribution in [2.75, 3.05) is 44.7 Å². The van der Waals surface area contributed by atoms with Gasteiger partial charge in [0.2, 0.25) is 0 Å². The Morgan fingerprint density at radius 2 is 1.76 bits per heavy atom. The Balaban J connectivity index is 1.55. The summed E-state index contributed by atoms with van der Waals surface area (Å²) in [7, 11) is 1.48. The smallest absolute Gasteiger partial charge is 0.326 e. The van der Waals surface area contributed by atoms with Crippen LogP contribution < -0.4 is 10.2 Å². The van der Waals surface area contributed by atoms with Crippen LogP contribution in [-0.4, -0.2) is 56.2 Å². The number of hydrogen-bond donors (Lipinski definition) is 1. The molecule has 3 rings (SSSR count). The highest BCUT2D eigenvalue weighted by Crippen LogP contribution is 2.26. The number of nitrogens with one attached hydrogen (secondary N) is 1. The molecule has 2 heterocycles. The number of carbonyl (C=O) groups excluding carboxylic acids is 1. The summed E-state index contributed by atoms with van der Waals surface area (Å²) in [6.07, 6.45) is 4.23. The summed E-state index contributed by atoms with van der Waals surface area (Å²) in [6, 6.07) is 9.00. The zero-order chi connectivity index (χ0) is 17.7. The Morgan fingerprint density at radius 3 is 2.32 bits per heavy atom. The molecule has 5 heteroatoms. The normalized spacial score (nSPS) is 20.6. The van der Waals surface area contributed by atoms with Crippen LogP contribution in [0.4, 0.5) is 5.69 Å². The number of rotatable bonds is 6. The summed E-state index contributed by atoms with van der Waals surface area (Å²) in [5, 5.41) is 3.37. The van der Waals surface area contributed by atoms with Crippen LogP contribution in [0.3, 0.4) is 0 Å². The number of likely N-dealkylation sites (tertiary alicyclic amines) is 1. The molecule has 0 unspecified atom stereocenters. The van der Waals surface area contributed by atoms with Crippen LogP contribution in [-0.2, 0) is 16.1 Å². The number of carbonyl (C=O) groups is 1. The third-order valence-corrected chi connectivity index (χ3v) is 5.61. The first kappa shape index (κ1) is 18.2. The Morgan fingerprint density at radius 1 is 1.12 bits per heavy atom. The molecule has 0 spiro atoms. The molecule has 2 aliphatic heterocycles. The lowest BCUT2D eigenvalue weighted by atomic mass is 9.87. The van der Waals surface area contributed by atoms with Gasteiger partial charge in [0.25, 0.3) is 0 Å². The Labute approximate surface area is 151 Å². The van der Waals surface area contributed by atoms with E-state index in [2.05, 4.69) is 39.4 Å². The highest BCUT2D eigenvalue weighted by Gasteiger charge is 2.41. The van der Waals surface area contributed by atoms with E-state index >= 15 is 0 Å². The molecule has 1 N–H and O–H groups in total. The molecule has 0 aromatic heterocycles. The van der Waals surface area contributed by atoms with Gasteiger partial charge in [-0.05, 0) is 49.9 Å². The van der Waals surface area contributed by atoms with Crippen molar-refractivity contribution in [2.24, 2.45) is 0 Å². The number of methoxy groups -OCH3 is 1. The minimum atomic E-state index is -0.500. The van der Waals surface area contributed by atoms with E-state index in [-0.39, 0.29) is 5.97 Å². The first-order valence-electron chi connectivity index (χ1n) is 9.56. The third-order valence-electron chi connectivity index (χ3n) is 5.61. The first-order chi connectivity index (χ1) is 12.2. The maximum Gasteiger partial charge on any atom is 0.326 e. The van der Waals surface area contributed by atoms with Gasteiger partial charge in [-0.25, -0.2) is 0 Å². The fourth-order valence-corrected chi connectivity index (χ4v) is 4.13. The minimum absolute atomic E-state index is 0.121. The third kappa shape index (κ3) is 4.15. The van der Waals surface area contributed by atoms with Crippen molar-refractivity contribution in [2.45, 2.75) is 44.7 Å². The van der Waals surface area contributed by atoms with Gasteiger partial charge in [0.05, 0.1) is 7.11 Å². The van der Waals surface area contributed by atoms with Gasteiger partial charge in [0.1, 0.15) is 5.54 Å². The molecule has 0 atom stereocenters. The lowest BCUT2D eigenvalue weighted by molar-refractivity contribution is -0.151. The molecule has 2 aliphatic rings. The molecule has 0 saturated carbocycles. The quantitative estimate of drug-likeness (QED) is 0.802. The van der Waals surface area contributed by atoms with E-state index in [1.807, 2.05) is 6.92 Å². The fraction of sp³-hybridized carbons (Fsp3) is 0.650. The van der Waals surface area contributed by atoms with E-state index < -0.39 is 5.54 Å². The summed E-state index contributed by atoms with van der Waals surface area (Å²) < 4.78 is 5.04. The molecule has 2 saturated heterocycles. The molecular formula is C20H31N3O2. The lowest BCUT2D eigenvalue weighted by Gasteiger charge is -2.40. The van der Waals surface area contributed by atoms with Crippen LogP contribution in [0.2, 0.25) is 0 Å². The van der Waals surface area contributed by atoms with Crippen molar-refractivity contribution in [1.29, 1.82) is 0 Å². The standard InChI is InChI=1S/C20H31N3O2/c1-3-21-20(19(24)25-2)10-14-22(15-11-20)16-17-6-8-18(9-7-17)23-12-4-5-13-23/h6-9,21H,3-5,10-16H2,1-2H3. The van der Waals surface area contributed by atoms with Gasteiger partial charge in [0, 0.05) is 38.4 Å². The molecule has 0 aliphatic carbocycles. The van der Waals surface area contributed by atoms with Crippen molar-refractivity contribution in [3.05, 3.63) is 29.8 Å². The zero-order valence-corrected chi connectivity index (χ0v) is 15.6. The summed E-state index contributed by atoms with van der Waals surface area (Å²) in [5.74, 6) is -0.121.